The lowest BCUT2D eigenvalue weighted by atomic mass is 9.96. The highest BCUT2D eigenvalue weighted by Gasteiger charge is 2.45. The minimum atomic E-state index is -0.698. The minimum Gasteiger partial charge on any atom is -0.487 e. The Balaban J connectivity index is 2.10. The Morgan fingerprint density at radius 2 is 2.28 bits per heavy atom. The van der Waals surface area contributed by atoms with Crippen LogP contribution < -0.4 is 10.1 Å². The first-order valence-corrected chi connectivity index (χ1v) is 6.11. The molecule has 1 saturated carbocycles. The number of halogens is 1. The van der Waals surface area contributed by atoms with E-state index in [9.17, 15) is 9.65 Å². The van der Waals surface area contributed by atoms with Crippen LogP contribution in [0, 0.1) is 30.0 Å². The number of nitrogens with one attached hydrogen (secondary N) is 1. The molecule has 4 heteroatoms. The predicted octanol–water partition coefficient (Wildman–Crippen LogP) is 2.40. The van der Waals surface area contributed by atoms with Gasteiger partial charge in [0.15, 0.2) is 11.6 Å². The third-order valence-electron chi connectivity index (χ3n) is 3.53. The number of ether oxygens (including phenoxy) is 1. The lowest BCUT2D eigenvalue weighted by molar-refractivity contribution is 0.203. The van der Waals surface area contributed by atoms with E-state index in [0.29, 0.717) is 11.5 Å². The van der Waals surface area contributed by atoms with Gasteiger partial charge in [-0.05, 0) is 44.4 Å². The van der Waals surface area contributed by atoms with Gasteiger partial charge in [0.1, 0.15) is 12.1 Å². The molecule has 3 nitrogen and oxygen atoms in total. The summed E-state index contributed by atoms with van der Waals surface area (Å²) in [5.41, 5.74) is -0.151. The quantitative estimate of drug-likeness (QED) is 0.870. The Kier molecular flexibility index (Phi) is 3.53. The zero-order chi connectivity index (χ0) is 13.2. The van der Waals surface area contributed by atoms with Gasteiger partial charge in [-0.2, -0.15) is 5.26 Å². The van der Waals surface area contributed by atoms with E-state index in [1.54, 1.807) is 32.2 Å². The van der Waals surface area contributed by atoms with E-state index in [4.69, 9.17) is 4.74 Å². The van der Waals surface area contributed by atoms with Crippen LogP contribution in [0.2, 0.25) is 0 Å². The fourth-order valence-corrected chi connectivity index (χ4v) is 2.07. The van der Waals surface area contributed by atoms with Crippen molar-refractivity contribution >= 4 is 0 Å². The summed E-state index contributed by atoms with van der Waals surface area (Å²) in [6.07, 6.45) is 2.04. The zero-order valence-corrected chi connectivity index (χ0v) is 10.7. The molecule has 1 unspecified atom stereocenters. The maximum atomic E-state index is 13.8. The summed E-state index contributed by atoms with van der Waals surface area (Å²) in [4.78, 5) is 0. The Morgan fingerprint density at radius 1 is 1.56 bits per heavy atom. The molecule has 0 aromatic heterocycles. The van der Waals surface area contributed by atoms with Crippen molar-refractivity contribution in [3.63, 3.8) is 0 Å². The second kappa shape index (κ2) is 4.95. The van der Waals surface area contributed by atoms with Crippen LogP contribution in [0.4, 0.5) is 4.39 Å². The van der Waals surface area contributed by atoms with Gasteiger partial charge in [-0.25, -0.2) is 4.39 Å². The number of nitrogens with zero attached hydrogens (tertiary/aromatic N) is 1. The normalized spacial score (nSPS) is 17.9. The summed E-state index contributed by atoms with van der Waals surface area (Å²) in [5.74, 6) is 0.169. The van der Waals surface area contributed by atoms with Crippen molar-refractivity contribution in [2.75, 3.05) is 13.7 Å². The van der Waals surface area contributed by atoms with E-state index < -0.39 is 5.54 Å². The molecule has 1 aliphatic carbocycles. The highest BCUT2D eigenvalue weighted by atomic mass is 19.1. The second-order valence-corrected chi connectivity index (χ2v) is 4.78. The molecular weight excluding hydrogens is 231 g/mol. The number of hydrogen-bond donors (Lipinski definition) is 1. The number of likely N-dealkylation sites (N-methyl/N-ethyl adjacent to an activating group) is 1. The Morgan fingerprint density at radius 3 is 2.83 bits per heavy atom. The molecule has 0 heterocycles. The van der Waals surface area contributed by atoms with Crippen molar-refractivity contribution in [1.29, 1.82) is 5.26 Å². The van der Waals surface area contributed by atoms with Crippen molar-refractivity contribution in [1.82, 2.24) is 5.32 Å². The molecule has 18 heavy (non-hydrogen) atoms. The molecule has 1 aromatic rings. The first-order chi connectivity index (χ1) is 8.63. The Labute approximate surface area is 107 Å². The van der Waals surface area contributed by atoms with Crippen LogP contribution in [0.1, 0.15) is 18.4 Å². The molecule has 1 N–H and O–H groups in total. The Hall–Kier alpha value is -1.60. The van der Waals surface area contributed by atoms with Gasteiger partial charge in [-0.3, -0.25) is 5.32 Å². The van der Waals surface area contributed by atoms with Gasteiger partial charge in [0.2, 0.25) is 0 Å². The molecule has 1 aliphatic rings. The molecule has 0 spiro atoms. The monoisotopic (exact) mass is 248 g/mol. The first kappa shape index (κ1) is 12.8. The van der Waals surface area contributed by atoms with Crippen molar-refractivity contribution < 1.29 is 9.13 Å². The molecule has 1 fully saturated rings. The van der Waals surface area contributed by atoms with Crippen molar-refractivity contribution in [2.24, 2.45) is 5.92 Å². The lowest BCUT2D eigenvalue weighted by Crippen LogP contribution is -2.49. The first-order valence-electron chi connectivity index (χ1n) is 6.11. The molecule has 0 amide bonds. The predicted molar refractivity (Wildman–Crippen MR) is 66.8 cm³/mol. The maximum absolute atomic E-state index is 13.8. The number of rotatable bonds is 5. The molecular formula is C14H17FN2O. The standard InChI is InChI=1S/C14H17FN2O/c1-10-4-3-5-12(13(10)15)18-9-14(8-16,17-2)11-6-7-11/h3-5,11,17H,6-7,9H2,1-2H3. The number of benzene rings is 1. The van der Waals surface area contributed by atoms with Gasteiger partial charge in [-0.1, -0.05) is 12.1 Å². The van der Waals surface area contributed by atoms with Crippen LogP contribution in [-0.2, 0) is 0 Å². The average molecular weight is 248 g/mol. The molecule has 0 bridgehead atoms. The molecule has 96 valence electrons. The zero-order valence-electron chi connectivity index (χ0n) is 10.7. The van der Waals surface area contributed by atoms with E-state index in [1.807, 2.05) is 0 Å². The molecule has 1 atom stereocenters. The smallest absolute Gasteiger partial charge is 0.167 e. The highest BCUT2D eigenvalue weighted by molar-refractivity contribution is 5.30. The number of hydrogen-bond acceptors (Lipinski definition) is 3. The molecule has 1 aromatic carbocycles. The third kappa shape index (κ3) is 2.32. The Bertz CT molecular complexity index is 479. The van der Waals surface area contributed by atoms with Crippen molar-refractivity contribution in [2.45, 2.75) is 25.3 Å². The summed E-state index contributed by atoms with van der Waals surface area (Å²) < 4.78 is 19.3. The van der Waals surface area contributed by atoms with Gasteiger partial charge in [0.05, 0.1) is 6.07 Å². The fraction of sp³-hybridized carbons (Fsp3) is 0.500. The minimum absolute atomic E-state index is 0.172. The van der Waals surface area contributed by atoms with Crippen molar-refractivity contribution in [3.05, 3.63) is 29.6 Å². The van der Waals surface area contributed by atoms with Gasteiger partial charge >= 0.3 is 0 Å². The van der Waals surface area contributed by atoms with E-state index in [2.05, 4.69) is 11.4 Å². The number of aryl methyl sites for hydroxylation is 1. The SMILES string of the molecule is CNC(C#N)(COc1cccc(C)c1F)C1CC1. The van der Waals surface area contributed by atoms with Crippen molar-refractivity contribution in [3.8, 4) is 11.8 Å². The van der Waals surface area contributed by atoms with Crippen LogP contribution in [0.3, 0.4) is 0 Å². The lowest BCUT2D eigenvalue weighted by Gasteiger charge is -2.26. The fourth-order valence-electron chi connectivity index (χ4n) is 2.07. The van der Waals surface area contributed by atoms with Gasteiger partial charge in [-0.15, -0.1) is 0 Å². The van der Waals surface area contributed by atoms with E-state index in [1.165, 1.54) is 0 Å². The third-order valence-corrected chi connectivity index (χ3v) is 3.53. The second-order valence-electron chi connectivity index (χ2n) is 4.78. The summed E-state index contributed by atoms with van der Waals surface area (Å²) in [6.45, 7) is 1.86. The van der Waals surface area contributed by atoms with E-state index in [0.717, 1.165) is 12.8 Å². The van der Waals surface area contributed by atoms with Gasteiger partial charge < -0.3 is 4.74 Å². The highest BCUT2D eigenvalue weighted by Crippen LogP contribution is 2.39. The topological polar surface area (TPSA) is 45.0 Å². The van der Waals surface area contributed by atoms with E-state index in [-0.39, 0.29) is 18.2 Å². The van der Waals surface area contributed by atoms with Gasteiger partial charge in [0, 0.05) is 0 Å². The molecule has 2 rings (SSSR count). The van der Waals surface area contributed by atoms with Crippen LogP contribution in [0.25, 0.3) is 0 Å². The van der Waals surface area contributed by atoms with Crippen LogP contribution >= 0.6 is 0 Å². The molecule has 0 aliphatic heterocycles. The maximum Gasteiger partial charge on any atom is 0.167 e. The largest absolute Gasteiger partial charge is 0.487 e. The summed E-state index contributed by atoms with van der Waals surface area (Å²) in [7, 11) is 1.75. The van der Waals surface area contributed by atoms with Crippen LogP contribution in [0.5, 0.6) is 5.75 Å². The van der Waals surface area contributed by atoms with E-state index >= 15 is 0 Å². The van der Waals surface area contributed by atoms with Gasteiger partial charge in [0.25, 0.3) is 0 Å². The molecule has 0 saturated heterocycles. The number of nitriles is 1. The summed E-state index contributed by atoms with van der Waals surface area (Å²) in [6, 6.07) is 7.30. The van der Waals surface area contributed by atoms with Crippen LogP contribution in [-0.4, -0.2) is 19.2 Å². The van der Waals surface area contributed by atoms with Crippen LogP contribution in [0.15, 0.2) is 18.2 Å². The molecule has 0 radical (unpaired) electrons. The summed E-state index contributed by atoms with van der Waals surface area (Å²) in [5, 5.41) is 12.3. The average Bonchev–Trinajstić information content (AvgIpc) is 3.21. The summed E-state index contributed by atoms with van der Waals surface area (Å²) >= 11 is 0.